The van der Waals surface area contributed by atoms with Crippen LogP contribution in [0.5, 0.6) is 0 Å². The van der Waals surface area contributed by atoms with Crippen molar-refractivity contribution >= 4 is 33.0 Å². The highest BCUT2D eigenvalue weighted by Crippen LogP contribution is 2.29. The molecule has 0 radical (unpaired) electrons. The fourth-order valence-corrected chi connectivity index (χ4v) is 3.05. The van der Waals surface area contributed by atoms with E-state index in [-0.39, 0.29) is 6.04 Å². The third-order valence-corrected chi connectivity index (χ3v) is 4.37. The molecule has 1 unspecified atom stereocenters. The Morgan fingerprint density at radius 1 is 1.56 bits per heavy atom. The molecule has 18 heavy (non-hydrogen) atoms. The molecule has 98 valence electrons. The minimum atomic E-state index is 0.279. The van der Waals surface area contributed by atoms with Crippen molar-refractivity contribution in [1.82, 2.24) is 9.78 Å². The van der Waals surface area contributed by atoms with Gasteiger partial charge in [0.1, 0.15) is 0 Å². The van der Waals surface area contributed by atoms with E-state index in [0.717, 1.165) is 16.0 Å². The molecule has 0 amide bonds. The summed E-state index contributed by atoms with van der Waals surface area (Å²) in [5, 5.41) is 7.71. The second-order valence-corrected chi connectivity index (χ2v) is 6.49. The van der Waals surface area contributed by atoms with Crippen LogP contribution in [0.15, 0.2) is 28.3 Å². The summed E-state index contributed by atoms with van der Waals surface area (Å²) in [7, 11) is 1.69. The lowest BCUT2D eigenvalue weighted by Gasteiger charge is -2.11. The standard InChI is InChI=1S/C12H16BrN3OS/c1-9(11-3-4-12(13)18-11)15-10-7-14-16(8-10)5-6-17-2/h3-4,7-9,15H,5-6H2,1-2H3. The molecule has 0 spiro atoms. The lowest BCUT2D eigenvalue weighted by atomic mass is 10.3. The number of rotatable bonds is 6. The molecule has 0 bridgehead atoms. The van der Waals surface area contributed by atoms with Crippen LogP contribution in [0, 0.1) is 0 Å². The van der Waals surface area contributed by atoms with Crippen LogP contribution < -0.4 is 5.32 Å². The molecule has 0 aliphatic heterocycles. The topological polar surface area (TPSA) is 39.1 Å². The van der Waals surface area contributed by atoms with Crippen molar-refractivity contribution < 1.29 is 4.74 Å². The lowest BCUT2D eigenvalue weighted by Crippen LogP contribution is -2.05. The maximum atomic E-state index is 5.02. The van der Waals surface area contributed by atoms with Crippen LogP contribution in [-0.2, 0) is 11.3 Å². The molecule has 1 N–H and O–H groups in total. The Morgan fingerprint density at radius 2 is 2.39 bits per heavy atom. The molecule has 0 fully saturated rings. The van der Waals surface area contributed by atoms with E-state index >= 15 is 0 Å². The third kappa shape index (κ3) is 3.57. The molecule has 2 aromatic rings. The Morgan fingerprint density at radius 3 is 3.06 bits per heavy atom. The van der Waals surface area contributed by atoms with E-state index < -0.39 is 0 Å². The Labute approximate surface area is 119 Å². The molecule has 0 saturated carbocycles. The summed E-state index contributed by atoms with van der Waals surface area (Å²) in [6, 6.07) is 4.48. The molecule has 0 aromatic carbocycles. The molecule has 6 heteroatoms. The number of aromatic nitrogens is 2. The average Bonchev–Trinajstić information content (AvgIpc) is 2.96. The highest BCUT2D eigenvalue weighted by atomic mass is 79.9. The van der Waals surface area contributed by atoms with Gasteiger partial charge < -0.3 is 10.1 Å². The van der Waals surface area contributed by atoms with Crippen molar-refractivity contribution in [3.8, 4) is 0 Å². The zero-order valence-electron chi connectivity index (χ0n) is 10.4. The summed E-state index contributed by atoms with van der Waals surface area (Å²) in [5.74, 6) is 0. The highest BCUT2D eigenvalue weighted by Gasteiger charge is 2.09. The average molecular weight is 330 g/mol. The fourth-order valence-electron chi connectivity index (χ4n) is 1.63. The van der Waals surface area contributed by atoms with Crippen molar-refractivity contribution in [3.63, 3.8) is 0 Å². The fraction of sp³-hybridized carbons (Fsp3) is 0.417. The Hall–Kier alpha value is -0.850. The van der Waals surface area contributed by atoms with Crippen molar-refractivity contribution in [2.45, 2.75) is 19.5 Å². The lowest BCUT2D eigenvalue weighted by molar-refractivity contribution is 0.183. The number of nitrogens with zero attached hydrogens (tertiary/aromatic N) is 2. The van der Waals surface area contributed by atoms with Gasteiger partial charge in [-0.05, 0) is 35.0 Å². The van der Waals surface area contributed by atoms with Gasteiger partial charge in [0, 0.05) is 18.2 Å². The minimum absolute atomic E-state index is 0.279. The molecule has 0 aliphatic carbocycles. The predicted molar refractivity (Wildman–Crippen MR) is 78.2 cm³/mol. The van der Waals surface area contributed by atoms with Gasteiger partial charge in [-0.1, -0.05) is 0 Å². The zero-order valence-corrected chi connectivity index (χ0v) is 12.8. The van der Waals surface area contributed by atoms with Crippen LogP contribution in [-0.4, -0.2) is 23.5 Å². The molecule has 4 nitrogen and oxygen atoms in total. The van der Waals surface area contributed by atoms with Crippen LogP contribution in [0.25, 0.3) is 0 Å². The first-order chi connectivity index (χ1) is 8.69. The molecular weight excluding hydrogens is 314 g/mol. The molecule has 2 rings (SSSR count). The summed E-state index contributed by atoms with van der Waals surface area (Å²) >= 11 is 5.22. The number of thiophene rings is 1. The Kier molecular flexibility index (Phi) is 4.79. The Balaban J connectivity index is 1.94. The predicted octanol–water partition coefficient (Wildman–Crippen LogP) is 3.53. The second-order valence-electron chi connectivity index (χ2n) is 3.99. The van der Waals surface area contributed by atoms with E-state index in [1.165, 1.54) is 4.88 Å². The van der Waals surface area contributed by atoms with Crippen LogP contribution in [0.4, 0.5) is 5.69 Å². The molecular formula is C12H16BrN3OS. The van der Waals surface area contributed by atoms with Crippen molar-refractivity contribution in [2.24, 2.45) is 0 Å². The van der Waals surface area contributed by atoms with Gasteiger partial charge in [0.25, 0.3) is 0 Å². The Bertz CT molecular complexity index is 497. The van der Waals surface area contributed by atoms with E-state index in [0.29, 0.717) is 6.61 Å². The van der Waals surface area contributed by atoms with Crippen molar-refractivity contribution in [3.05, 3.63) is 33.2 Å². The van der Waals surface area contributed by atoms with Gasteiger partial charge in [0.15, 0.2) is 0 Å². The maximum absolute atomic E-state index is 5.02. The zero-order chi connectivity index (χ0) is 13.0. The monoisotopic (exact) mass is 329 g/mol. The maximum Gasteiger partial charge on any atom is 0.0731 e. The summed E-state index contributed by atoms with van der Waals surface area (Å²) < 4.78 is 8.06. The molecule has 1 atom stereocenters. The van der Waals surface area contributed by atoms with Crippen LogP contribution in [0.3, 0.4) is 0 Å². The summed E-state index contributed by atoms with van der Waals surface area (Å²) in [4.78, 5) is 1.30. The van der Waals surface area contributed by atoms with Gasteiger partial charge in [-0.25, -0.2) is 0 Å². The van der Waals surface area contributed by atoms with E-state index in [9.17, 15) is 0 Å². The normalized spacial score (nSPS) is 12.6. The van der Waals surface area contributed by atoms with E-state index in [1.807, 2.05) is 17.1 Å². The SMILES string of the molecule is COCCn1cc(NC(C)c2ccc(Br)s2)cn1. The highest BCUT2D eigenvalue weighted by molar-refractivity contribution is 9.11. The summed E-state index contributed by atoms with van der Waals surface area (Å²) in [6.45, 7) is 3.59. The van der Waals surface area contributed by atoms with Gasteiger partial charge in [-0.15, -0.1) is 11.3 Å². The number of halogens is 1. The molecule has 2 heterocycles. The van der Waals surface area contributed by atoms with Gasteiger partial charge in [-0.3, -0.25) is 4.68 Å². The molecule has 0 aliphatic rings. The van der Waals surface area contributed by atoms with Crippen molar-refractivity contribution in [2.75, 3.05) is 19.0 Å². The number of methoxy groups -OCH3 is 1. The number of hydrogen-bond donors (Lipinski definition) is 1. The van der Waals surface area contributed by atoms with Gasteiger partial charge in [-0.2, -0.15) is 5.10 Å². The molecule has 2 aromatic heterocycles. The third-order valence-electron chi connectivity index (χ3n) is 2.56. The van der Waals surface area contributed by atoms with E-state index in [1.54, 1.807) is 18.4 Å². The minimum Gasteiger partial charge on any atom is -0.383 e. The largest absolute Gasteiger partial charge is 0.383 e. The number of ether oxygens (including phenoxy) is 1. The van der Waals surface area contributed by atoms with Crippen LogP contribution in [0.2, 0.25) is 0 Å². The first-order valence-corrected chi connectivity index (χ1v) is 7.33. The smallest absolute Gasteiger partial charge is 0.0731 e. The molecule has 0 saturated heterocycles. The first-order valence-electron chi connectivity index (χ1n) is 5.72. The van der Waals surface area contributed by atoms with E-state index in [4.69, 9.17) is 4.74 Å². The number of anilines is 1. The van der Waals surface area contributed by atoms with Crippen molar-refractivity contribution in [1.29, 1.82) is 0 Å². The van der Waals surface area contributed by atoms with Gasteiger partial charge in [0.2, 0.25) is 0 Å². The van der Waals surface area contributed by atoms with Crippen LogP contribution >= 0.6 is 27.3 Å². The quantitative estimate of drug-likeness (QED) is 0.881. The first kappa shape index (κ1) is 13.6. The summed E-state index contributed by atoms with van der Waals surface area (Å²) in [6.07, 6.45) is 3.84. The van der Waals surface area contributed by atoms with Gasteiger partial charge >= 0.3 is 0 Å². The van der Waals surface area contributed by atoms with E-state index in [2.05, 4.69) is 45.4 Å². The van der Waals surface area contributed by atoms with Crippen LogP contribution in [0.1, 0.15) is 17.8 Å². The number of hydrogen-bond acceptors (Lipinski definition) is 4. The summed E-state index contributed by atoms with van der Waals surface area (Å²) in [5.41, 5.74) is 1.03. The van der Waals surface area contributed by atoms with Gasteiger partial charge in [0.05, 0.1) is 34.9 Å². The number of nitrogens with one attached hydrogen (secondary N) is 1. The second kappa shape index (κ2) is 6.36.